The normalized spacial score (nSPS) is 22.7. The van der Waals surface area contributed by atoms with Crippen molar-refractivity contribution in [3.8, 4) is 11.5 Å². The van der Waals surface area contributed by atoms with E-state index in [0.717, 1.165) is 19.3 Å². The van der Waals surface area contributed by atoms with Gasteiger partial charge in [0.05, 0.1) is 17.3 Å². The Morgan fingerprint density at radius 1 is 1.29 bits per heavy atom. The second-order valence-corrected chi connectivity index (χ2v) is 6.46. The predicted octanol–water partition coefficient (Wildman–Crippen LogP) is 3.75. The lowest BCUT2D eigenvalue weighted by molar-refractivity contribution is 0.110. The van der Waals surface area contributed by atoms with E-state index in [1.165, 1.54) is 29.3 Å². The first-order valence-corrected chi connectivity index (χ1v) is 8.40. The highest BCUT2D eigenvalue weighted by atomic mass is 16.5. The number of phenolic OH excluding ortho intramolecular Hbond substituents is 1. The van der Waals surface area contributed by atoms with E-state index in [0.29, 0.717) is 12.0 Å². The molecule has 0 saturated heterocycles. The summed E-state index contributed by atoms with van der Waals surface area (Å²) < 4.78 is 8.27. The van der Waals surface area contributed by atoms with Crippen molar-refractivity contribution in [3.63, 3.8) is 0 Å². The van der Waals surface area contributed by atoms with E-state index < -0.39 is 0 Å². The number of hydrogen-bond acceptors (Lipinski definition) is 4. The van der Waals surface area contributed by atoms with Gasteiger partial charge in [0.25, 0.3) is 0 Å². The third kappa shape index (κ3) is 2.23. The number of hydrogen-bond donors (Lipinski definition) is 1. The molecule has 2 unspecified atom stereocenters. The quantitative estimate of drug-likeness (QED) is 0.873. The van der Waals surface area contributed by atoms with Gasteiger partial charge in [0.15, 0.2) is 6.29 Å². The van der Waals surface area contributed by atoms with E-state index in [1.54, 1.807) is 12.1 Å². The molecule has 1 aliphatic heterocycles. The summed E-state index contributed by atoms with van der Waals surface area (Å²) in [4.78, 5) is 11.3. The van der Waals surface area contributed by atoms with Gasteiger partial charge in [-0.25, -0.2) is 0 Å². The zero-order valence-electron chi connectivity index (χ0n) is 13.6. The summed E-state index contributed by atoms with van der Waals surface area (Å²) in [6.07, 6.45) is 6.68. The molecule has 2 aliphatic rings. The number of benzene rings is 1. The fraction of sp³-hybridized carbons (Fsp3) is 0.368. The monoisotopic (exact) mass is 324 g/mol. The summed E-state index contributed by atoms with van der Waals surface area (Å²) in [5, 5.41) is 14.4. The maximum absolute atomic E-state index is 11.3. The van der Waals surface area contributed by atoms with Crippen molar-refractivity contribution in [2.24, 2.45) is 0 Å². The van der Waals surface area contributed by atoms with Crippen LogP contribution in [-0.2, 0) is 0 Å². The molecular formula is C19H20N2O3. The molecule has 2 heterocycles. The van der Waals surface area contributed by atoms with Crippen molar-refractivity contribution in [2.75, 3.05) is 0 Å². The van der Waals surface area contributed by atoms with Gasteiger partial charge in [-0.3, -0.25) is 9.48 Å². The number of rotatable bonds is 3. The van der Waals surface area contributed by atoms with Crippen LogP contribution in [0.5, 0.6) is 11.5 Å². The summed E-state index contributed by atoms with van der Waals surface area (Å²) in [5.74, 6) is 0.374. The minimum absolute atomic E-state index is 0.0358. The molecule has 1 aliphatic carbocycles. The second kappa shape index (κ2) is 5.82. The van der Waals surface area contributed by atoms with Crippen LogP contribution < -0.4 is 4.74 Å². The molecule has 2 atom stereocenters. The Labute approximate surface area is 140 Å². The smallest absolute Gasteiger partial charge is 0.157 e. The summed E-state index contributed by atoms with van der Waals surface area (Å²) >= 11 is 0. The predicted molar refractivity (Wildman–Crippen MR) is 90.2 cm³/mol. The Bertz CT molecular complexity index is 822. The average Bonchev–Trinajstić information content (AvgIpc) is 3.09. The van der Waals surface area contributed by atoms with Crippen LogP contribution in [0.15, 0.2) is 36.0 Å². The van der Waals surface area contributed by atoms with E-state index >= 15 is 0 Å². The molecule has 24 heavy (non-hydrogen) atoms. The van der Waals surface area contributed by atoms with Crippen LogP contribution in [0.2, 0.25) is 0 Å². The number of aldehydes is 1. The topological polar surface area (TPSA) is 64.3 Å². The van der Waals surface area contributed by atoms with Crippen LogP contribution in [-0.4, -0.2) is 27.3 Å². The zero-order chi connectivity index (χ0) is 16.7. The Balaban J connectivity index is 1.78. The number of aromatic hydroxyl groups is 1. The fourth-order valence-corrected chi connectivity index (χ4v) is 3.89. The first-order valence-electron chi connectivity index (χ1n) is 8.40. The highest BCUT2D eigenvalue weighted by molar-refractivity contribution is 5.83. The molecule has 1 aromatic carbocycles. The van der Waals surface area contributed by atoms with Crippen molar-refractivity contribution >= 4 is 11.9 Å². The van der Waals surface area contributed by atoms with E-state index in [4.69, 9.17) is 4.74 Å². The number of fused-ring (bicyclic) bond motifs is 2. The number of phenols is 1. The molecule has 124 valence electrons. The van der Waals surface area contributed by atoms with Crippen LogP contribution in [0.4, 0.5) is 0 Å². The molecule has 0 saturated carbocycles. The van der Waals surface area contributed by atoms with Crippen LogP contribution in [0.3, 0.4) is 0 Å². The van der Waals surface area contributed by atoms with Crippen LogP contribution in [0.1, 0.15) is 54.7 Å². The largest absolute Gasteiger partial charge is 0.507 e. The first-order chi connectivity index (χ1) is 11.7. The molecule has 5 nitrogen and oxygen atoms in total. The zero-order valence-corrected chi connectivity index (χ0v) is 13.6. The lowest BCUT2D eigenvalue weighted by Gasteiger charge is -2.37. The molecule has 5 heteroatoms. The number of carbonyl (C=O) groups excluding carboxylic acids is 1. The molecule has 0 bridgehead atoms. The van der Waals surface area contributed by atoms with Gasteiger partial charge >= 0.3 is 0 Å². The van der Waals surface area contributed by atoms with Gasteiger partial charge < -0.3 is 9.84 Å². The molecule has 2 aromatic rings. The lowest BCUT2D eigenvalue weighted by Crippen LogP contribution is -2.36. The minimum atomic E-state index is -0.173. The van der Waals surface area contributed by atoms with E-state index in [1.807, 2.05) is 10.9 Å². The average molecular weight is 324 g/mol. The minimum Gasteiger partial charge on any atom is -0.507 e. The van der Waals surface area contributed by atoms with Crippen molar-refractivity contribution in [3.05, 3.63) is 47.3 Å². The number of nitrogens with zero attached hydrogens (tertiary/aromatic N) is 2. The molecule has 0 radical (unpaired) electrons. The van der Waals surface area contributed by atoms with Crippen LogP contribution >= 0.6 is 0 Å². The third-order valence-corrected chi connectivity index (χ3v) is 5.07. The maximum atomic E-state index is 11.3. The SMILES string of the molecule is CC1C(Oc2cccc(O)c2C=O)C2=C(CCCC2)c2ccnn21. The van der Waals surface area contributed by atoms with Gasteiger partial charge in [-0.05, 0) is 62.0 Å². The Hall–Kier alpha value is -2.56. The van der Waals surface area contributed by atoms with Gasteiger partial charge in [0.2, 0.25) is 0 Å². The Kier molecular flexibility index (Phi) is 3.63. The number of aromatic nitrogens is 2. The third-order valence-electron chi connectivity index (χ3n) is 5.07. The molecular weight excluding hydrogens is 304 g/mol. The molecule has 0 amide bonds. The van der Waals surface area contributed by atoms with Gasteiger partial charge in [-0.15, -0.1) is 0 Å². The molecule has 4 rings (SSSR count). The Morgan fingerprint density at radius 3 is 2.96 bits per heavy atom. The lowest BCUT2D eigenvalue weighted by atomic mass is 9.82. The molecule has 0 fully saturated rings. The highest BCUT2D eigenvalue weighted by Gasteiger charge is 2.36. The standard InChI is InChI=1S/C19H20N2O3/c1-12-19(24-18-8-4-7-17(23)15(18)11-22)14-6-3-2-5-13(14)16-9-10-20-21(12)16/h4,7-12,19,23H,2-3,5-6H2,1H3. The van der Waals surface area contributed by atoms with Crippen molar-refractivity contribution < 1.29 is 14.6 Å². The fourth-order valence-electron chi connectivity index (χ4n) is 3.89. The summed E-state index contributed by atoms with van der Waals surface area (Å²) in [7, 11) is 0. The highest BCUT2D eigenvalue weighted by Crippen LogP contribution is 2.43. The number of carbonyl (C=O) groups is 1. The second-order valence-electron chi connectivity index (χ2n) is 6.46. The number of ether oxygens (including phenoxy) is 1. The summed E-state index contributed by atoms with van der Waals surface area (Å²) in [6, 6.07) is 7.03. The molecule has 1 N–H and O–H groups in total. The van der Waals surface area contributed by atoms with Gasteiger partial charge in [-0.1, -0.05) is 6.07 Å². The first kappa shape index (κ1) is 15.0. The molecule has 1 aromatic heterocycles. The van der Waals surface area contributed by atoms with Crippen molar-refractivity contribution in [2.45, 2.75) is 44.8 Å². The van der Waals surface area contributed by atoms with Crippen LogP contribution in [0.25, 0.3) is 5.57 Å². The van der Waals surface area contributed by atoms with Crippen molar-refractivity contribution in [1.29, 1.82) is 0 Å². The molecule has 0 spiro atoms. The van der Waals surface area contributed by atoms with E-state index in [9.17, 15) is 9.90 Å². The van der Waals surface area contributed by atoms with E-state index in [-0.39, 0.29) is 23.5 Å². The summed E-state index contributed by atoms with van der Waals surface area (Å²) in [5.41, 5.74) is 4.02. The van der Waals surface area contributed by atoms with E-state index in [2.05, 4.69) is 18.1 Å². The van der Waals surface area contributed by atoms with Crippen LogP contribution in [0, 0.1) is 0 Å². The van der Waals surface area contributed by atoms with Gasteiger partial charge in [0.1, 0.15) is 17.6 Å². The maximum Gasteiger partial charge on any atom is 0.157 e. The Morgan fingerprint density at radius 2 is 2.12 bits per heavy atom. The van der Waals surface area contributed by atoms with Gasteiger partial charge in [-0.2, -0.15) is 5.10 Å². The summed E-state index contributed by atoms with van der Waals surface area (Å²) in [6.45, 7) is 2.09. The van der Waals surface area contributed by atoms with Crippen molar-refractivity contribution in [1.82, 2.24) is 9.78 Å². The number of allylic oxidation sites excluding steroid dienone is 1. The van der Waals surface area contributed by atoms with Gasteiger partial charge in [0, 0.05) is 6.20 Å².